The molecule has 3 rings (SSSR count). The first kappa shape index (κ1) is 22.0. The summed E-state index contributed by atoms with van der Waals surface area (Å²) < 4.78 is 16.3. The van der Waals surface area contributed by atoms with Gasteiger partial charge in [0.25, 0.3) is 0 Å². The van der Waals surface area contributed by atoms with Gasteiger partial charge >= 0.3 is 5.97 Å². The molecule has 2 saturated heterocycles. The van der Waals surface area contributed by atoms with Crippen molar-refractivity contribution in [2.75, 3.05) is 6.61 Å². The van der Waals surface area contributed by atoms with Gasteiger partial charge in [-0.05, 0) is 40.0 Å². The molecule has 1 aliphatic carbocycles. The van der Waals surface area contributed by atoms with Gasteiger partial charge in [-0.15, -0.1) is 0 Å². The van der Waals surface area contributed by atoms with E-state index in [-0.39, 0.29) is 53.9 Å². The van der Waals surface area contributed by atoms with Crippen LogP contribution in [0.15, 0.2) is 0 Å². The minimum Gasteiger partial charge on any atom is -0.463 e. The Labute approximate surface area is 147 Å². The molecule has 1 radical (unpaired) electrons. The van der Waals surface area contributed by atoms with Crippen molar-refractivity contribution in [1.82, 2.24) is 0 Å². The zero-order valence-corrected chi connectivity index (χ0v) is 16.5. The Morgan fingerprint density at radius 1 is 1.14 bits per heavy atom. The van der Waals surface area contributed by atoms with E-state index in [9.17, 15) is 4.79 Å². The number of ether oxygens (including phenoxy) is 3. The summed E-state index contributed by atoms with van der Waals surface area (Å²) in [6, 6.07) is 0. The SMILES string of the molecule is CC.CC.CC1(C)OC1COC(=O)C1CCC2(C)OC2C1.[V]. The summed E-state index contributed by atoms with van der Waals surface area (Å²) >= 11 is 0. The molecule has 2 aliphatic heterocycles. The number of carbonyl (C=O) groups excluding carboxylic acids is 1. The smallest absolute Gasteiger partial charge is 0.309 e. The molecule has 0 aromatic rings. The molecule has 129 valence electrons. The average Bonchev–Trinajstić information content (AvgIpc) is 3.34. The summed E-state index contributed by atoms with van der Waals surface area (Å²) in [7, 11) is 0. The van der Waals surface area contributed by atoms with Gasteiger partial charge in [0.2, 0.25) is 0 Å². The van der Waals surface area contributed by atoms with Crippen molar-refractivity contribution in [2.45, 2.75) is 91.1 Å². The molecular weight excluding hydrogens is 319 g/mol. The Kier molecular flexibility index (Phi) is 8.71. The van der Waals surface area contributed by atoms with Crippen molar-refractivity contribution in [1.29, 1.82) is 0 Å². The summed E-state index contributed by atoms with van der Waals surface area (Å²) in [5, 5.41) is 0. The summed E-state index contributed by atoms with van der Waals surface area (Å²) in [5.41, 5.74) is -0.0383. The number of epoxide rings is 2. The van der Waals surface area contributed by atoms with E-state index in [1.165, 1.54) is 0 Å². The first-order chi connectivity index (χ1) is 9.91. The van der Waals surface area contributed by atoms with Crippen LogP contribution in [-0.2, 0) is 37.6 Å². The van der Waals surface area contributed by atoms with Crippen LogP contribution >= 0.6 is 0 Å². The van der Waals surface area contributed by atoms with E-state index >= 15 is 0 Å². The maximum absolute atomic E-state index is 11.9. The van der Waals surface area contributed by atoms with Gasteiger partial charge in [-0.1, -0.05) is 27.7 Å². The van der Waals surface area contributed by atoms with Crippen LogP contribution in [0.2, 0.25) is 0 Å². The van der Waals surface area contributed by atoms with E-state index in [0.717, 1.165) is 19.3 Å². The molecule has 0 bridgehead atoms. The van der Waals surface area contributed by atoms with Crippen LogP contribution in [0.4, 0.5) is 0 Å². The van der Waals surface area contributed by atoms with Gasteiger partial charge in [-0.2, -0.15) is 0 Å². The van der Waals surface area contributed by atoms with Crippen LogP contribution in [0.1, 0.15) is 67.7 Å². The van der Waals surface area contributed by atoms with Crippen LogP contribution in [0, 0.1) is 5.92 Å². The largest absolute Gasteiger partial charge is 0.463 e. The van der Waals surface area contributed by atoms with Crippen molar-refractivity contribution in [3.8, 4) is 0 Å². The molecule has 0 spiro atoms. The topological polar surface area (TPSA) is 51.4 Å². The van der Waals surface area contributed by atoms with E-state index in [4.69, 9.17) is 14.2 Å². The number of fused-ring (bicyclic) bond motifs is 1. The first-order valence-electron chi connectivity index (χ1n) is 8.43. The molecule has 3 aliphatic rings. The van der Waals surface area contributed by atoms with Crippen LogP contribution in [0.3, 0.4) is 0 Å². The Bertz CT molecular complexity index is 359. The van der Waals surface area contributed by atoms with Crippen molar-refractivity contribution < 1.29 is 37.6 Å². The van der Waals surface area contributed by atoms with Gasteiger partial charge in [-0.25, -0.2) is 0 Å². The minimum atomic E-state index is -0.106. The number of hydrogen-bond donors (Lipinski definition) is 0. The predicted molar refractivity (Wildman–Crippen MR) is 83.2 cm³/mol. The van der Waals surface area contributed by atoms with Crippen molar-refractivity contribution in [3.63, 3.8) is 0 Å². The van der Waals surface area contributed by atoms with Gasteiger partial charge < -0.3 is 14.2 Å². The molecule has 0 N–H and O–H groups in total. The summed E-state index contributed by atoms with van der Waals surface area (Å²) in [6.07, 6.45) is 3.05. The standard InChI is InChI=1S/C13H20O4.2C2H6.V/c1-12(2)10(16-12)7-15-11(14)8-4-5-13(3)9(6-8)17-13;2*1-2;/h8-10H,4-7H2,1-3H3;2*1-2H3;. The second-order valence-electron chi connectivity index (χ2n) is 6.23. The molecule has 4 atom stereocenters. The van der Waals surface area contributed by atoms with Crippen molar-refractivity contribution >= 4 is 5.97 Å². The third kappa shape index (κ3) is 5.26. The van der Waals surface area contributed by atoms with Crippen LogP contribution in [0.25, 0.3) is 0 Å². The number of hydrogen-bond acceptors (Lipinski definition) is 4. The Morgan fingerprint density at radius 2 is 1.68 bits per heavy atom. The molecule has 0 amide bonds. The quantitative estimate of drug-likeness (QED) is 0.574. The second kappa shape index (κ2) is 8.72. The first-order valence-corrected chi connectivity index (χ1v) is 8.43. The monoisotopic (exact) mass is 351 g/mol. The summed E-state index contributed by atoms with van der Waals surface area (Å²) in [6.45, 7) is 14.5. The molecule has 0 aromatic heterocycles. The fourth-order valence-corrected chi connectivity index (χ4v) is 2.70. The normalized spacial score (nSPS) is 36.0. The Morgan fingerprint density at radius 3 is 2.14 bits per heavy atom. The summed E-state index contributed by atoms with van der Waals surface area (Å²) in [5.74, 6) is -0.0497. The Balaban J connectivity index is 0.000000819. The van der Waals surface area contributed by atoms with Crippen LogP contribution in [0.5, 0.6) is 0 Å². The molecule has 4 nitrogen and oxygen atoms in total. The van der Waals surface area contributed by atoms with Gasteiger partial charge in [0, 0.05) is 18.6 Å². The van der Waals surface area contributed by atoms with Crippen molar-refractivity contribution in [3.05, 3.63) is 0 Å². The van der Waals surface area contributed by atoms with Crippen LogP contribution < -0.4 is 0 Å². The fourth-order valence-electron chi connectivity index (χ4n) is 2.70. The van der Waals surface area contributed by atoms with E-state index < -0.39 is 0 Å². The van der Waals surface area contributed by atoms with E-state index in [0.29, 0.717) is 6.61 Å². The molecule has 5 heteroatoms. The number of rotatable bonds is 3. The van der Waals surface area contributed by atoms with Gasteiger partial charge in [0.05, 0.1) is 23.2 Å². The van der Waals surface area contributed by atoms with E-state index in [1.807, 2.05) is 41.5 Å². The van der Waals surface area contributed by atoms with Gasteiger partial charge in [0.15, 0.2) is 0 Å². The molecule has 2 heterocycles. The van der Waals surface area contributed by atoms with Crippen molar-refractivity contribution in [2.24, 2.45) is 5.92 Å². The third-order valence-corrected chi connectivity index (χ3v) is 4.40. The number of esters is 1. The van der Waals surface area contributed by atoms with Gasteiger partial charge in [-0.3, -0.25) is 4.79 Å². The molecule has 1 saturated carbocycles. The zero-order valence-electron chi connectivity index (χ0n) is 15.1. The molecule has 4 unspecified atom stereocenters. The minimum absolute atomic E-state index is 0. The maximum Gasteiger partial charge on any atom is 0.309 e. The summed E-state index contributed by atoms with van der Waals surface area (Å²) in [4.78, 5) is 11.9. The average molecular weight is 351 g/mol. The van der Waals surface area contributed by atoms with Crippen LogP contribution in [-0.4, -0.2) is 36.0 Å². The molecule has 0 aromatic carbocycles. The Hall–Kier alpha value is -0.0256. The maximum atomic E-state index is 11.9. The predicted octanol–water partition coefficient (Wildman–Crippen LogP) is 3.71. The zero-order chi connectivity index (χ0) is 16.3. The molecule has 3 fully saturated rings. The second-order valence-corrected chi connectivity index (χ2v) is 6.23. The molecular formula is C17H32O4V. The van der Waals surface area contributed by atoms with E-state index in [2.05, 4.69) is 6.92 Å². The van der Waals surface area contributed by atoms with Gasteiger partial charge in [0.1, 0.15) is 12.7 Å². The fraction of sp³-hybridized carbons (Fsp3) is 0.941. The third-order valence-electron chi connectivity index (χ3n) is 4.40. The molecule has 22 heavy (non-hydrogen) atoms. The number of carbonyl (C=O) groups is 1. The van der Waals surface area contributed by atoms with E-state index in [1.54, 1.807) is 0 Å².